The number of hydrogen-bond acceptors (Lipinski definition) is 3. The second kappa shape index (κ2) is 9.03. The SMILES string of the molecule is C=CCCCOc1c(Br)cc(CC(N)CC)cc1OC. The number of benzene rings is 1. The Morgan fingerprint density at radius 1 is 1.45 bits per heavy atom. The maximum Gasteiger partial charge on any atom is 0.175 e. The van der Waals surface area contributed by atoms with Crippen molar-refractivity contribution < 1.29 is 9.47 Å². The highest BCUT2D eigenvalue weighted by Gasteiger charge is 2.13. The molecule has 1 unspecified atom stereocenters. The fraction of sp³-hybridized carbons (Fsp3) is 0.500. The number of halogens is 1. The summed E-state index contributed by atoms with van der Waals surface area (Å²) < 4.78 is 12.1. The summed E-state index contributed by atoms with van der Waals surface area (Å²) in [5.41, 5.74) is 7.16. The minimum Gasteiger partial charge on any atom is -0.493 e. The van der Waals surface area contributed by atoms with Gasteiger partial charge in [-0.2, -0.15) is 0 Å². The Hall–Kier alpha value is -1.00. The van der Waals surface area contributed by atoms with Crippen molar-refractivity contribution in [3.8, 4) is 11.5 Å². The molecule has 0 aromatic heterocycles. The van der Waals surface area contributed by atoms with Gasteiger partial charge in [-0.3, -0.25) is 0 Å². The summed E-state index contributed by atoms with van der Waals surface area (Å²) in [7, 11) is 1.65. The molecular weight excluding hydrogens is 318 g/mol. The average molecular weight is 342 g/mol. The summed E-state index contributed by atoms with van der Waals surface area (Å²) in [5.74, 6) is 1.50. The number of rotatable bonds is 9. The standard InChI is InChI=1S/C16H24BrNO2/c1-4-6-7-8-20-16-14(17)10-12(9-13(18)5-2)11-15(16)19-3/h4,10-11,13H,1,5-9,18H2,2-3H3. The molecule has 0 heterocycles. The van der Waals surface area contributed by atoms with Crippen molar-refractivity contribution in [1.82, 2.24) is 0 Å². The fourth-order valence-electron chi connectivity index (χ4n) is 1.88. The first-order valence-electron chi connectivity index (χ1n) is 6.98. The zero-order chi connectivity index (χ0) is 15.0. The fourth-order valence-corrected chi connectivity index (χ4v) is 2.48. The van der Waals surface area contributed by atoms with Gasteiger partial charge in [0.2, 0.25) is 0 Å². The second-order valence-electron chi connectivity index (χ2n) is 4.76. The van der Waals surface area contributed by atoms with Gasteiger partial charge in [0.15, 0.2) is 11.5 Å². The van der Waals surface area contributed by atoms with Crippen LogP contribution < -0.4 is 15.2 Å². The van der Waals surface area contributed by atoms with Gasteiger partial charge >= 0.3 is 0 Å². The van der Waals surface area contributed by atoms with Crippen molar-refractivity contribution in [3.63, 3.8) is 0 Å². The van der Waals surface area contributed by atoms with Gasteiger partial charge in [-0.15, -0.1) is 6.58 Å². The molecule has 0 spiro atoms. The quantitative estimate of drug-likeness (QED) is 0.543. The minimum absolute atomic E-state index is 0.172. The van der Waals surface area contributed by atoms with Gasteiger partial charge in [0.05, 0.1) is 18.2 Å². The molecule has 0 amide bonds. The second-order valence-corrected chi connectivity index (χ2v) is 5.62. The Bertz CT molecular complexity index is 435. The number of hydrogen-bond donors (Lipinski definition) is 1. The number of ether oxygens (including phenoxy) is 2. The summed E-state index contributed by atoms with van der Waals surface area (Å²) >= 11 is 3.55. The van der Waals surface area contributed by atoms with E-state index in [0.29, 0.717) is 6.61 Å². The molecular formula is C16H24BrNO2. The van der Waals surface area contributed by atoms with Gasteiger partial charge in [-0.1, -0.05) is 13.0 Å². The highest BCUT2D eigenvalue weighted by molar-refractivity contribution is 9.10. The van der Waals surface area contributed by atoms with E-state index in [0.717, 1.165) is 47.2 Å². The van der Waals surface area contributed by atoms with Gasteiger partial charge in [0, 0.05) is 6.04 Å². The van der Waals surface area contributed by atoms with E-state index in [1.165, 1.54) is 0 Å². The lowest BCUT2D eigenvalue weighted by Crippen LogP contribution is -2.21. The molecule has 0 fully saturated rings. The predicted molar refractivity (Wildman–Crippen MR) is 87.6 cm³/mol. The normalized spacial score (nSPS) is 12.0. The first kappa shape index (κ1) is 17.1. The van der Waals surface area contributed by atoms with E-state index >= 15 is 0 Å². The van der Waals surface area contributed by atoms with Crippen LogP contribution in [0.5, 0.6) is 11.5 Å². The van der Waals surface area contributed by atoms with Crippen molar-refractivity contribution in [2.45, 2.75) is 38.6 Å². The van der Waals surface area contributed by atoms with Crippen LogP contribution >= 0.6 is 15.9 Å². The van der Waals surface area contributed by atoms with Crippen molar-refractivity contribution in [1.29, 1.82) is 0 Å². The largest absolute Gasteiger partial charge is 0.493 e. The van der Waals surface area contributed by atoms with Crippen LogP contribution in [-0.2, 0) is 6.42 Å². The number of unbranched alkanes of at least 4 members (excludes halogenated alkanes) is 1. The molecule has 112 valence electrons. The van der Waals surface area contributed by atoms with E-state index < -0.39 is 0 Å². The molecule has 0 saturated carbocycles. The smallest absolute Gasteiger partial charge is 0.175 e. The molecule has 0 radical (unpaired) electrons. The molecule has 0 bridgehead atoms. The molecule has 1 rings (SSSR count). The molecule has 3 nitrogen and oxygen atoms in total. The number of allylic oxidation sites excluding steroid dienone is 1. The molecule has 1 aromatic rings. The van der Waals surface area contributed by atoms with Gasteiger partial charge in [-0.05, 0) is 59.3 Å². The van der Waals surface area contributed by atoms with E-state index in [2.05, 4.69) is 35.5 Å². The topological polar surface area (TPSA) is 44.5 Å². The monoisotopic (exact) mass is 341 g/mol. The van der Waals surface area contributed by atoms with Crippen LogP contribution in [0.2, 0.25) is 0 Å². The molecule has 20 heavy (non-hydrogen) atoms. The molecule has 2 N–H and O–H groups in total. The minimum atomic E-state index is 0.172. The van der Waals surface area contributed by atoms with Crippen LogP contribution in [0.15, 0.2) is 29.3 Å². The van der Waals surface area contributed by atoms with Gasteiger partial charge < -0.3 is 15.2 Å². The third kappa shape index (κ3) is 5.17. The summed E-state index contributed by atoms with van der Waals surface area (Å²) in [6.07, 6.45) is 5.58. The van der Waals surface area contributed by atoms with Crippen LogP contribution in [0.25, 0.3) is 0 Å². The number of methoxy groups -OCH3 is 1. The maximum atomic E-state index is 6.00. The van der Waals surface area contributed by atoms with Crippen LogP contribution in [0, 0.1) is 0 Å². The number of nitrogens with two attached hydrogens (primary N) is 1. The Morgan fingerprint density at radius 2 is 2.20 bits per heavy atom. The van der Waals surface area contributed by atoms with E-state index in [4.69, 9.17) is 15.2 Å². The molecule has 0 aliphatic rings. The van der Waals surface area contributed by atoms with Gasteiger partial charge in [0.25, 0.3) is 0 Å². The summed E-state index contributed by atoms with van der Waals surface area (Å²) in [6.45, 7) is 6.44. The van der Waals surface area contributed by atoms with Crippen LogP contribution in [0.1, 0.15) is 31.7 Å². The van der Waals surface area contributed by atoms with Crippen molar-refractivity contribution in [3.05, 3.63) is 34.8 Å². The van der Waals surface area contributed by atoms with E-state index in [1.54, 1.807) is 7.11 Å². The van der Waals surface area contributed by atoms with Crippen LogP contribution in [0.4, 0.5) is 0 Å². The zero-order valence-electron chi connectivity index (χ0n) is 12.3. The summed E-state index contributed by atoms with van der Waals surface area (Å²) in [5, 5.41) is 0. The van der Waals surface area contributed by atoms with Crippen LogP contribution in [0.3, 0.4) is 0 Å². The van der Waals surface area contributed by atoms with Crippen molar-refractivity contribution in [2.24, 2.45) is 5.73 Å². The lowest BCUT2D eigenvalue weighted by Gasteiger charge is -2.15. The van der Waals surface area contributed by atoms with Gasteiger partial charge in [0.1, 0.15) is 0 Å². The van der Waals surface area contributed by atoms with E-state index in [9.17, 15) is 0 Å². The zero-order valence-corrected chi connectivity index (χ0v) is 13.9. The summed E-state index contributed by atoms with van der Waals surface area (Å²) in [4.78, 5) is 0. The molecule has 0 aliphatic heterocycles. The molecule has 0 saturated heterocycles. The first-order chi connectivity index (χ1) is 9.62. The van der Waals surface area contributed by atoms with Crippen molar-refractivity contribution in [2.75, 3.05) is 13.7 Å². The average Bonchev–Trinajstić information content (AvgIpc) is 2.44. The highest BCUT2D eigenvalue weighted by Crippen LogP contribution is 2.37. The molecule has 0 aliphatic carbocycles. The molecule has 1 atom stereocenters. The van der Waals surface area contributed by atoms with Crippen molar-refractivity contribution >= 4 is 15.9 Å². The predicted octanol–water partition coefficient (Wildman–Crippen LogP) is 4.08. The Morgan fingerprint density at radius 3 is 2.80 bits per heavy atom. The van der Waals surface area contributed by atoms with E-state index in [-0.39, 0.29) is 6.04 Å². The third-order valence-corrected chi connectivity index (χ3v) is 3.70. The van der Waals surface area contributed by atoms with E-state index in [1.807, 2.05) is 12.1 Å². The lowest BCUT2D eigenvalue weighted by atomic mass is 10.0. The Kier molecular flexibility index (Phi) is 7.70. The Balaban J connectivity index is 2.81. The van der Waals surface area contributed by atoms with Crippen LogP contribution in [-0.4, -0.2) is 19.8 Å². The Labute approximate surface area is 130 Å². The highest BCUT2D eigenvalue weighted by atomic mass is 79.9. The third-order valence-electron chi connectivity index (χ3n) is 3.11. The molecule has 1 aromatic carbocycles. The van der Waals surface area contributed by atoms with Gasteiger partial charge in [-0.25, -0.2) is 0 Å². The maximum absolute atomic E-state index is 6.00. The summed E-state index contributed by atoms with van der Waals surface area (Å²) in [6, 6.07) is 4.23. The lowest BCUT2D eigenvalue weighted by molar-refractivity contribution is 0.288. The first-order valence-corrected chi connectivity index (χ1v) is 7.77. The molecule has 4 heteroatoms.